The fourth-order valence-electron chi connectivity index (χ4n) is 5.65. The highest BCUT2D eigenvalue weighted by Crippen LogP contribution is 2.41. The van der Waals surface area contributed by atoms with Crippen LogP contribution in [0.2, 0.25) is 5.02 Å². The second-order valence-corrected chi connectivity index (χ2v) is 19.4. The van der Waals surface area contributed by atoms with Crippen LogP contribution in [-0.2, 0) is 37.6 Å². The second kappa shape index (κ2) is 15.4. The van der Waals surface area contributed by atoms with Crippen molar-refractivity contribution in [1.29, 1.82) is 0 Å². The van der Waals surface area contributed by atoms with Gasteiger partial charge in [-0.2, -0.15) is 18.3 Å². The minimum Gasteiger partial charge on any atom is -0.444 e. The lowest BCUT2D eigenvalue weighted by molar-refractivity contribution is -0.141. The molecule has 0 saturated heterocycles. The molecule has 3 aromatic heterocycles. The van der Waals surface area contributed by atoms with Crippen LogP contribution in [0.5, 0.6) is 0 Å². The lowest BCUT2D eigenvalue weighted by atomic mass is 9.92. The van der Waals surface area contributed by atoms with Crippen LogP contribution in [0.1, 0.15) is 57.6 Å². The van der Waals surface area contributed by atoms with Crippen LogP contribution >= 0.6 is 11.6 Å². The van der Waals surface area contributed by atoms with Crippen LogP contribution in [0.15, 0.2) is 48.7 Å². The van der Waals surface area contributed by atoms with Crippen molar-refractivity contribution in [2.24, 2.45) is 0 Å². The topological polar surface area (TPSA) is 162 Å². The van der Waals surface area contributed by atoms with Gasteiger partial charge in [0.05, 0.1) is 39.4 Å². The Morgan fingerprint density at radius 3 is 2.23 bits per heavy atom. The highest BCUT2D eigenvalue weighted by molar-refractivity contribution is 7.92. The lowest BCUT2D eigenvalue weighted by Crippen LogP contribution is -2.36. The maximum absolute atomic E-state index is 14.6. The van der Waals surface area contributed by atoms with E-state index in [1.807, 2.05) is 0 Å². The van der Waals surface area contributed by atoms with Crippen molar-refractivity contribution in [3.63, 3.8) is 0 Å². The number of aromatic nitrogens is 4. The van der Waals surface area contributed by atoms with Crippen LogP contribution in [0.25, 0.3) is 32.9 Å². The van der Waals surface area contributed by atoms with E-state index in [1.54, 1.807) is 26.8 Å². The summed E-state index contributed by atoms with van der Waals surface area (Å²) in [6.45, 7) is 5.89. The SMILES string of the molecule is CC(C)(C)OC(=O)N[C@@H](Cc1cc(F)cc(F)c1)c1nc(C#CC(C)(C)S(C)(=O)=O)c2cccnc2c1-c1cc(Cl)c2c(NS(C)(=O)=O)nn(CC(F)(F)F)c2c1. The number of benzene rings is 2. The molecule has 5 rings (SSSR count). The molecule has 1 atom stereocenters. The number of nitrogens with zero attached hydrogens (tertiary/aromatic N) is 4. The number of anilines is 1. The molecule has 0 spiro atoms. The number of hydrogen-bond donors (Lipinski definition) is 2. The van der Waals surface area contributed by atoms with Gasteiger partial charge in [0.25, 0.3) is 0 Å². The molecule has 2 N–H and O–H groups in total. The fourth-order valence-corrected chi connectivity index (χ4v) is 6.69. The van der Waals surface area contributed by atoms with Crippen molar-refractivity contribution in [2.75, 3.05) is 17.2 Å². The first kappa shape index (κ1) is 43.1. The third-order valence-corrected chi connectivity index (χ3v) is 11.1. The summed E-state index contributed by atoms with van der Waals surface area (Å²) < 4.78 is 127. The first-order valence-corrected chi connectivity index (χ1v) is 21.0. The van der Waals surface area contributed by atoms with Crippen molar-refractivity contribution in [3.8, 4) is 23.0 Å². The van der Waals surface area contributed by atoms with Crippen LogP contribution in [0.4, 0.5) is 32.6 Å². The van der Waals surface area contributed by atoms with E-state index in [2.05, 4.69) is 32.0 Å². The fraction of sp³-hybridized carbons (Fsp3) is 0.351. The smallest absolute Gasteiger partial charge is 0.408 e. The van der Waals surface area contributed by atoms with Gasteiger partial charge < -0.3 is 10.1 Å². The minimum atomic E-state index is -4.83. The third kappa shape index (κ3) is 10.5. The van der Waals surface area contributed by atoms with Crippen molar-refractivity contribution in [2.45, 2.75) is 70.2 Å². The number of alkyl halides is 3. The van der Waals surface area contributed by atoms with Gasteiger partial charge in [0, 0.05) is 29.5 Å². The van der Waals surface area contributed by atoms with Crippen molar-refractivity contribution in [3.05, 3.63) is 82.3 Å². The van der Waals surface area contributed by atoms with Crippen molar-refractivity contribution < 1.29 is 48.3 Å². The summed E-state index contributed by atoms with van der Waals surface area (Å²) in [5.74, 6) is 3.18. The van der Waals surface area contributed by atoms with E-state index in [9.17, 15) is 43.6 Å². The van der Waals surface area contributed by atoms with Crippen LogP contribution < -0.4 is 10.0 Å². The number of pyridine rings is 2. The van der Waals surface area contributed by atoms with E-state index in [0.29, 0.717) is 10.7 Å². The number of amides is 1. The van der Waals surface area contributed by atoms with E-state index in [-0.39, 0.29) is 61.3 Å². The number of carbonyl (C=O) groups is 1. The van der Waals surface area contributed by atoms with Gasteiger partial charge in [-0.1, -0.05) is 17.5 Å². The molecular weight excluding hydrogens is 819 g/mol. The predicted molar refractivity (Wildman–Crippen MR) is 206 cm³/mol. The maximum Gasteiger partial charge on any atom is 0.408 e. The van der Waals surface area contributed by atoms with Crippen LogP contribution in [0, 0.1) is 23.5 Å². The summed E-state index contributed by atoms with van der Waals surface area (Å²) in [5, 5.41) is 6.38. The molecule has 12 nitrogen and oxygen atoms in total. The van der Waals surface area contributed by atoms with E-state index >= 15 is 0 Å². The molecule has 2 aromatic carbocycles. The van der Waals surface area contributed by atoms with Crippen LogP contribution in [-0.4, -0.2) is 71.7 Å². The summed E-state index contributed by atoms with van der Waals surface area (Å²) in [4.78, 5) is 22.8. The number of alkyl carbamates (subject to hydrolysis) is 1. The molecule has 0 bridgehead atoms. The molecule has 304 valence electrons. The van der Waals surface area contributed by atoms with Gasteiger partial charge in [0.1, 0.15) is 34.2 Å². The number of ether oxygens (including phenoxy) is 1. The lowest BCUT2D eigenvalue weighted by Gasteiger charge is -2.26. The van der Waals surface area contributed by atoms with Gasteiger partial charge >= 0.3 is 12.3 Å². The Morgan fingerprint density at radius 2 is 1.65 bits per heavy atom. The monoisotopic (exact) mass is 854 g/mol. The van der Waals surface area contributed by atoms with E-state index < -0.39 is 72.5 Å². The number of sulfone groups is 1. The number of carbonyl (C=O) groups excluding carboxylic acids is 1. The van der Waals surface area contributed by atoms with E-state index in [4.69, 9.17) is 21.3 Å². The minimum absolute atomic E-state index is 0.0380. The van der Waals surface area contributed by atoms with Gasteiger partial charge in [0.2, 0.25) is 10.0 Å². The standard InChI is InChI=1S/C37H36ClF5N6O6S2/c1-35(2,3)55-34(50)46-27(15-20-13-22(39)18-23(40)14-20)32-29(31-24(9-8-12-44-31)26(45-32)10-11-36(4,5)56(6,51)52)21-16-25(38)30-28(17-21)49(19-37(41,42)43)47-33(30)48-57(7,53)54/h8-9,12-14,16-18,27H,15,19H2,1-7H3,(H,46,50)(H,47,48)/t27-/m0/s1. The largest absolute Gasteiger partial charge is 0.444 e. The Balaban J connectivity index is 1.92. The molecule has 0 fully saturated rings. The molecule has 0 saturated carbocycles. The molecule has 0 unspecified atom stereocenters. The molecule has 5 aromatic rings. The van der Waals surface area contributed by atoms with E-state index in [0.717, 1.165) is 24.6 Å². The van der Waals surface area contributed by atoms with Gasteiger partial charge in [-0.05, 0) is 94.5 Å². The number of sulfonamides is 1. The Morgan fingerprint density at radius 1 is 1.00 bits per heavy atom. The first-order chi connectivity index (χ1) is 26.1. The number of halogens is 6. The summed E-state index contributed by atoms with van der Waals surface area (Å²) in [5.41, 5.74) is -1.18. The average Bonchev–Trinajstić information content (AvgIpc) is 3.35. The second-order valence-electron chi connectivity index (χ2n) is 14.7. The molecule has 0 aliphatic heterocycles. The Hall–Kier alpha value is -5.06. The highest BCUT2D eigenvalue weighted by atomic mass is 35.5. The molecule has 20 heteroatoms. The normalized spacial score (nSPS) is 13.3. The molecule has 0 aliphatic carbocycles. The van der Waals surface area contributed by atoms with Crippen molar-refractivity contribution in [1.82, 2.24) is 25.1 Å². The Bertz CT molecular complexity index is 2680. The van der Waals surface area contributed by atoms with Gasteiger partial charge in [-0.15, -0.1) is 0 Å². The predicted octanol–water partition coefficient (Wildman–Crippen LogP) is 7.50. The maximum atomic E-state index is 14.6. The van der Waals surface area contributed by atoms with Gasteiger partial charge in [0.15, 0.2) is 15.7 Å². The summed E-state index contributed by atoms with van der Waals surface area (Å²) >= 11 is 6.75. The molecule has 1 amide bonds. The number of nitrogens with one attached hydrogen (secondary N) is 2. The van der Waals surface area contributed by atoms with Gasteiger partial charge in [-0.3, -0.25) is 14.4 Å². The summed E-state index contributed by atoms with van der Waals surface area (Å²) in [7, 11) is -7.80. The quantitative estimate of drug-likeness (QED) is 0.113. The zero-order valence-electron chi connectivity index (χ0n) is 31.4. The zero-order chi connectivity index (χ0) is 42.5. The zero-order valence-corrected chi connectivity index (χ0v) is 33.8. The third-order valence-electron chi connectivity index (χ3n) is 8.28. The Kier molecular flexibility index (Phi) is 11.6. The average molecular weight is 855 g/mol. The molecule has 3 heterocycles. The number of fused-ring (bicyclic) bond motifs is 2. The van der Waals surface area contributed by atoms with E-state index in [1.165, 1.54) is 38.2 Å². The first-order valence-electron chi connectivity index (χ1n) is 16.8. The molecular formula is C37H36ClF5N6O6S2. The number of rotatable bonds is 9. The van der Waals surface area contributed by atoms with Gasteiger partial charge in [-0.25, -0.2) is 35.4 Å². The molecule has 0 radical (unpaired) electrons. The Labute approximate surface area is 330 Å². The molecule has 57 heavy (non-hydrogen) atoms. The number of hydrogen-bond acceptors (Lipinski definition) is 9. The summed E-state index contributed by atoms with van der Waals surface area (Å²) in [6.07, 6.45) is -3.00. The molecule has 0 aliphatic rings. The highest BCUT2D eigenvalue weighted by Gasteiger charge is 2.33. The summed E-state index contributed by atoms with van der Waals surface area (Å²) in [6, 6.07) is 6.98. The van der Waals surface area contributed by atoms with Crippen LogP contribution in [0.3, 0.4) is 0 Å². The van der Waals surface area contributed by atoms with Crippen molar-refractivity contribution >= 4 is 65.2 Å².